The van der Waals surface area contributed by atoms with Crippen LogP contribution >= 0.6 is 0 Å². The van der Waals surface area contributed by atoms with Gasteiger partial charge in [0.2, 0.25) is 11.8 Å². The third kappa shape index (κ3) is 6.88. The number of benzene rings is 3. The van der Waals surface area contributed by atoms with Gasteiger partial charge in [-0.1, -0.05) is 67.5 Å². The first-order valence-electron chi connectivity index (χ1n) is 15.5. The first-order valence-corrected chi connectivity index (χ1v) is 15.5. The molecule has 2 aliphatic rings. The molecule has 3 aromatic rings. The molecule has 240 valence electrons. The van der Waals surface area contributed by atoms with E-state index in [1.165, 1.54) is 24.3 Å². The second-order valence-electron chi connectivity index (χ2n) is 11.7. The van der Waals surface area contributed by atoms with E-state index in [0.717, 1.165) is 23.3 Å². The van der Waals surface area contributed by atoms with Gasteiger partial charge in [0.1, 0.15) is 18.1 Å². The Hall–Kier alpha value is -4.80. The number of phenols is 1. The van der Waals surface area contributed by atoms with Gasteiger partial charge in [0.15, 0.2) is 0 Å². The summed E-state index contributed by atoms with van der Waals surface area (Å²) in [6.07, 6.45) is 3.41. The van der Waals surface area contributed by atoms with Crippen LogP contribution in [0.25, 0.3) is 6.08 Å². The summed E-state index contributed by atoms with van der Waals surface area (Å²) in [4.78, 5) is 39.5. The molecule has 1 saturated heterocycles. The normalized spacial score (nSPS) is 20.5. The number of fused-ring (bicyclic) bond motifs is 1. The lowest BCUT2D eigenvalue weighted by Gasteiger charge is -2.36. The van der Waals surface area contributed by atoms with Crippen LogP contribution in [0, 0.1) is 27.9 Å². The fraction of sp³-hybridized carbons (Fsp3) is 0.333. The molecule has 0 aromatic heterocycles. The number of nitrogens with zero attached hydrogens (tertiary/aromatic N) is 2. The number of aromatic hydroxyl groups is 1. The average molecular weight is 627 g/mol. The smallest absolute Gasteiger partial charge is 0.271 e. The van der Waals surface area contributed by atoms with Gasteiger partial charge in [0, 0.05) is 23.6 Å². The molecule has 0 bridgehead atoms. The Balaban J connectivity index is 1.47. The minimum atomic E-state index is -1.05. The summed E-state index contributed by atoms with van der Waals surface area (Å²) in [5.74, 6) is -2.95. The maximum Gasteiger partial charge on any atom is 0.271 e. The average Bonchev–Trinajstić information content (AvgIpc) is 3.31. The number of carbonyl (C=O) groups excluding carboxylic acids is 2. The number of nitro benzene ring substituents is 1. The second kappa shape index (κ2) is 14.5. The van der Waals surface area contributed by atoms with Gasteiger partial charge in [0.25, 0.3) is 5.69 Å². The molecule has 1 aliphatic carbocycles. The molecule has 10 heteroatoms. The molecule has 4 atom stereocenters. The Morgan fingerprint density at radius 1 is 1.04 bits per heavy atom. The van der Waals surface area contributed by atoms with E-state index in [9.17, 15) is 35.0 Å². The molecular weight excluding hydrogens is 588 g/mol. The monoisotopic (exact) mass is 626 g/mol. The minimum Gasteiger partial charge on any atom is -0.507 e. The van der Waals surface area contributed by atoms with E-state index < -0.39 is 47.2 Å². The molecule has 0 radical (unpaired) electrons. The molecule has 5 rings (SSSR count). The lowest BCUT2D eigenvalue weighted by molar-refractivity contribution is -0.384. The number of aliphatic hydroxyl groups excluding tert-OH is 2. The van der Waals surface area contributed by atoms with E-state index in [-0.39, 0.29) is 36.6 Å². The number of amides is 2. The van der Waals surface area contributed by atoms with Gasteiger partial charge in [-0.15, -0.1) is 0 Å². The third-order valence-corrected chi connectivity index (χ3v) is 8.80. The van der Waals surface area contributed by atoms with E-state index in [1.54, 1.807) is 24.3 Å². The highest BCUT2D eigenvalue weighted by Crippen LogP contribution is 2.47. The van der Waals surface area contributed by atoms with Crippen LogP contribution in [0.3, 0.4) is 0 Å². The molecule has 3 aromatic carbocycles. The Morgan fingerprint density at radius 3 is 2.48 bits per heavy atom. The molecule has 2 amide bonds. The molecule has 1 aliphatic heterocycles. The van der Waals surface area contributed by atoms with Crippen molar-refractivity contribution in [1.82, 2.24) is 0 Å². The van der Waals surface area contributed by atoms with E-state index in [1.807, 2.05) is 36.4 Å². The zero-order chi connectivity index (χ0) is 32.8. The van der Waals surface area contributed by atoms with Gasteiger partial charge in [-0.2, -0.15) is 0 Å². The summed E-state index contributed by atoms with van der Waals surface area (Å²) in [5.41, 5.74) is 2.68. The number of phenolic OH excluding ortho intramolecular Hbond substituents is 1. The summed E-state index contributed by atoms with van der Waals surface area (Å²) in [7, 11) is 0. The summed E-state index contributed by atoms with van der Waals surface area (Å²) < 4.78 is 6.06. The molecule has 0 unspecified atom stereocenters. The van der Waals surface area contributed by atoms with Gasteiger partial charge in [0.05, 0.1) is 35.2 Å². The van der Waals surface area contributed by atoms with E-state index in [2.05, 4.69) is 6.92 Å². The number of aliphatic hydroxyl groups is 2. The summed E-state index contributed by atoms with van der Waals surface area (Å²) in [6.45, 7) is 1.61. The number of rotatable bonds is 13. The minimum absolute atomic E-state index is 0.0456. The zero-order valence-electron chi connectivity index (χ0n) is 25.6. The van der Waals surface area contributed by atoms with Crippen molar-refractivity contribution >= 4 is 29.3 Å². The predicted octanol–water partition coefficient (Wildman–Crippen LogP) is 5.82. The number of para-hydroxylation sites is 2. The Morgan fingerprint density at radius 2 is 1.78 bits per heavy atom. The van der Waals surface area contributed by atoms with Gasteiger partial charge in [-0.05, 0) is 61.1 Å². The van der Waals surface area contributed by atoms with Gasteiger partial charge >= 0.3 is 0 Å². The highest BCUT2D eigenvalue weighted by Gasteiger charge is 2.55. The maximum atomic E-state index is 13.9. The van der Waals surface area contributed by atoms with Crippen LogP contribution < -0.4 is 9.64 Å². The van der Waals surface area contributed by atoms with Crippen LogP contribution in [0.15, 0.2) is 95.6 Å². The molecule has 0 saturated carbocycles. The summed E-state index contributed by atoms with van der Waals surface area (Å²) in [5, 5.41) is 44.2. The van der Waals surface area contributed by atoms with Crippen molar-refractivity contribution in [2.24, 2.45) is 17.8 Å². The Bertz CT molecular complexity index is 1650. The number of ether oxygens (including phenoxy) is 1. The van der Waals surface area contributed by atoms with Gasteiger partial charge in [-0.25, -0.2) is 4.90 Å². The van der Waals surface area contributed by atoms with Crippen molar-refractivity contribution in [2.45, 2.75) is 45.1 Å². The van der Waals surface area contributed by atoms with E-state index in [0.29, 0.717) is 28.9 Å². The van der Waals surface area contributed by atoms with Crippen molar-refractivity contribution in [3.8, 4) is 11.5 Å². The van der Waals surface area contributed by atoms with Crippen molar-refractivity contribution in [2.75, 3.05) is 18.1 Å². The number of hydrogen-bond acceptors (Lipinski definition) is 8. The van der Waals surface area contributed by atoms with Crippen LogP contribution in [0.2, 0.25) is 0 Å². The van der Waals surface area contributed by atoms with Crippen molar-refractivity contribution in [3.63, 3.8) is 0 Å². The highest BCUT2D eigenvalue weighted by atomic mass is 16.6. The number of anilines is 1. The van der Waals surface area contributed by atoms with Crippen LogP contribution in [-0.2, 0) is 9.59 Å². The SMILES string of the molecule is CCC/C(=C\c1ccccc1O)CC[C@@H](O)C1=C(COc2ccccc2)C[C@H]2C(=O)N(c3cccc([N+](=O)[O-])c3)C(=O)[C@H]2[C@H]1CO. The number of allylic oxidation sites excluding steroid dienone is 1. The second-order valence-corrected chi connectivity index (χ2v) is 11.7. The fourth-order valence-electron chi connectivity index (χ4n) is 6.68. The van der Waals surface area contributed by atoms with E-state index >= 15 is 0 Å². The largest absolute Gasteiger partial charge is 0.507 e. The van der Waals surface area contributed by atoms with Crippen molar-refractivity contribution in [1.29, 1.82) is 0 Å². The first kappa shape index (κ1) is 32.6. The highest BCUT2D eigenvalue weighted by molar-refractivity contribution is 6.22. The number of imide groups is 1. The molecule has 10 nitrogen and oxygen atoms in total. The predicted molar refractivity (Wildman–Crippen MR) is 173 cm³/mol. The summed E-state index contributed by atoms with van der Waals surface area (Å²) in [6, 6.07) is 21.5. The molecule has 0 spiro atoms. The topological polar surface area (TPSA) is 150 Å². The molecule has 3 N–H and O–H groups in total. The fourth-order valence-corrected chi connectivity index (χ4v) is 6.68. The quantitative estimate of drug-likeness (QED) is 0.0930. The molecule has 46 heavy (non-hydrogen) atoms. The number of nitro groups is 1. The van der Waals surface area contributed by atoms with Gasteiger partial charge < -0.3 is 20.1 Å². The molecule has 1 heterocycles. The van der Waals surface area contributed by atoms with Crippen LogP contribution in [0.4, 0.5) is 11.4 Å². The Kier molecular flexibility index (Phi) is 10.3. The summed E-state index contributed by atoms with van der Waals surface area (Å²) >= 11 is 0. The number of hydrogen-bond donors (Lipinski definition) is 3. The standard InChI is InChI=1S/C36H38N2O8/c1-2-9-23(18-24-10-6-7-15-31(24)40)16-17-32(41)33-25(22-46-28-13-4-3-5-14-28)19-29-34(30(33)21-39)36(43)37(35(29)42)26-11-8-12-27(20-26)38(44)45/h3-8,10-15,18,20,29-30,32,34,39-41H,2,9,16-17,19,21-22H2,1H3/b23-18+/t29-,30+,32-,34-/m1/s1. The van der Waals surface area contributed by atoms with Gasteiger partial charge in [-0.3, -0.25) is 19.7 Å². The van der Waals surface area contributed by atoms with Crippen molar-refractivity contribution in [3.05, 3.63) is 111 Å². The molecular formula is C36H38N2O8. The van der Waals surface area contributed by atoms with Crippen molar-refractivity contribution < 1.29 is 34.6 Å². The van der Waals surface area contributed by atoms with Crippen LogP contribution in [0.1, 0.15) is 44.6 Å². The van der Waals surface area contributed by atoms with E-state index in [4.69, 9.17) is 4.74 Å². The first-order chi connectivity index (χ1) is 22.2. The molecule has 1 fully saturated rings. The lowest BCUT2D eigenvalue weighted by Crippen LogP contribution is -2.40. The number of carbonyl (C=O) groups is 2. The number of non-ortho nitro benzene ring substituents is 1. The lowest BCUT2D eigenvalue weighted by atomic mass is 9.68. The Labute approximate surface area is 267 Å². The third-order valence-electron chi connectivity index (χ3n) is 8.80. The maximum absolute atomic E-state index is 13.9. The van der Waals surface area contributed by atoms with Crippen LogP contribution in [-0.4, -0.2) is 51.4 Å². The van der Waals surface area contributed by atoms with Crippen LogP contribution in [0.5, 0.6) is 11.5 Å². The zero-order valence-corrected chi connectivity index (χ0v) is 25.6.